The number of carbonyl (C=O) groups excluding carboxylic acids is 1. The fourth-order valence-electron chi connectivity index (χ4n) is 2.44. The van der Waals surface area contributed by atoms with E-state index < -0.39 is 0 Å². The smallest absolute Gasteiger partial charge is 0.232 e. The number of amides is 1. The standard InChI is InChI=1S/C14H23N3O2S/c1-10-12(11(2)19-16-10)6-20-7-13(18)17-5-4-14(3,8-15)9-17/h4-9,15H2,1-3H3. The lowest BCUT2D eigenvalue weighted by molar-refractivity contribution is -0.127. The molecule has 1 aromatic rings. The van der Waals surface area contributed by atoms with Gasteiger partial charge in [-0.25, -0.2) is 0 Å². The molecule has 5 nitrogen and oxygen atoms in total. The molecule has 1 amide bonds. The Kier molecular flexibility index (Phi) is 4.75. The average Bonchev–Trinajstić information content (AvgIpc) is 2.97. The summed E-state index contributed by atoms with van der Waals surface area (Å²) in [6.45, 7) is 8.25. The van der Waals surface area contributed by atoms with Crippen molar-refractivity contribution < 1.29 is 9.32 Å². The molecule has 0 radical (unpaired) electrons. The normalized spacial score (nSPS) is 22.5. The largest absolute Gasteiger partial charge is 0.361 e. The Hall–Kier alpha value is -1.01. The van der Waals surface area contributed by atoms with Gasteiger partial charge in [0.15, 0.2) is 0 Å². The van der Waals surface area contributed by atoms with Gasteiger partial charge in [-0.3, -0.25) is 4.79 Å². The van der Waals surface area contributed by atoms with Crippen LogP contribution in [0.4, 0.5) is 0 Å². The number of nitrogens with zero attached hydrogens (tertiary/aromatic N) is 2. The van der Waals surface area contributed by atoms with Crippen LogP contribution in [0.2, 0.25) is 0 Å². The van der Waals surface area contributed by atoms with E-state index in [0.29, 0.717) is 12.3 Å². The number of carbonyl (C=O) groups is 1. The third-order valence-electron chi connectivity index (χ3n) is 4.06. The van der Waals surface area contributed by atoms with Crippen LogP contribution in [0.5, 0.6) is 0 Å². The highest BCUT2D eigenvalue weighted by Crippen LogP contribution is 2.29. The molecule has 2 rings (SSSR count). The molecule has 0 bridgehead atoms. The van der Waals surface area contributed by atoms with Crippen LogP contribution < -0.4 is 5.73 Å². The number of likely N-dealkylation sites (tertiary alicyclic amines) is 1. The van der Waals surface area contributed by atoms with E-state index in [-0.39, 0.29) is 11.3 Å². The monoisotopic (exact) mass is 297 g/mol. The van der Waals surface area contributed by atoms with Gasteiger partial charge in [0.05, 0.1) is 11.4 Å². The summed E-state index contributed by atoms with van der Waals surface area (Å²) in [7, 11) is 0. The lowest BCUT2D eigenvalue weighted by Gasteiger charge is -2.22. The molecule has 1 saturated heterocycles. The van der Waals surface area contributed by atoms with Crippen LogP contribution in [0.15, 0.2) is 4.52 Å². The molecule has 0 aliphatic carbocycles. The van der Waals surface area contributed by atoms with Crippen molar-refractivity contribution in [1.82, 2.24) is 10.1 Å². The molecule has 1 atom stereocenters. The van der Waals surface area contributed by atoms with Gasteiger partial charge in [0.2, 0.25) is 5.91 Å². The first-order chi connectivity index (χ1) is 9.45. The van der Waals surface area contributed by atoms with Crippen LogP contribution in [0.3, 0.4) is 0 Å². The summed E-state index contributed by atoms with van der Waals surface area (Å²) in [4.78, 5) is 14.1. The summed E-state index contributed by atoms with van der Waals surface area (Å²) in [5.74, 6) is 2.33. The SMILES string of the molecule is Cc1noc(C)c1CSCC(=O)N1CCC(C)(CN)C1. The number of hydrogen-bond acceptors (Lipinski definition) is 5. The van der Waals surface area contributed by atoms with Crippen LogP contribution in [0.1, 0.15) is 30.4 Å². The minimum Gasteiger partial charge on any atom is -0.361 e. The van der Waals surface area contributed by atoms with Gasteiger partial charge in [-0.15, -0.1) is 11.8 Å². The fourth-order valence-corrected chi connectivity index (χ4v) is 3.52. The molecule has 0 saturated carbocycles. The van der Waals surface area contributed by atoms with Crippen molar-refractivity contribution in [3.8, 4) is 0 Å². The van der Waals surface area contributed by atoms with E-state index in [0.717, 1.165) is 42.3 Å². The van der Waals surface area contributed by atoms with Crippen LogP contribution >= 0.6 is 11.8 Å². The quantitative estimate of drug-likeness (QED) is 0.896. The zero-order valence-electron chi connectivity index (χ0n) is 12.4. The number of aromatic nitrogens is 1. The summed E-state index contributed by atoms with van der Waals surface area (Å²) in [5.41, 5.74) is 7.89. The molecule has 0 aromatic carbocycles. The molecule has 0 spiro atoms. The Morgan fingerprint density at radius 3 is 2.85 bits per heavy atom. The van der Waals surface area contributed by atoms with Crippen molar-refractivity contribution in [3.05, 3.63) is 17.0 Å². The van der Waals surface area contributed by atoms with Gasteiger partial charge in [0.1, 0.15) is 5.76 Å². The van der Waals surface area contributed by atoms with Crippen LogP contribution in [-0.4, -0.2) is 41.4 Å². The molecule has 1 fully saturated rings. The second-order valence-corrected chi connectivity index (χ2v) is 6.86. The molecule has 1 aliphatic heterocycles. The first-order valence-corrected chi connectivity index (χ1v) is 8.08. The topological polar surface area (TPSA) is 72.4 Å². The third kappa shape index (κ3) is 3.35. The minimum absolute atomic E-state index is 0.0992. The molecule has 112 valence electrons. The number of aryl methyl sites for hydroxylation is 2. The first-order valence-electron chi connectivity index (χ1n) is 6.92. The summed E-state index contributed by atoms with van der Waals surface area (Å²) < 4.78 is 5.12. The van der Waals surface area contributed by atoms with Crippen molar-refractivity contribution in [2.75, 3.05) is 25.4 Å². The second-order valence-electron chi connectivity index (χ2n) is 5.88. The van der Waals surface area contributed by atoms with E-state index in [4.69, 9.17) is 10.3 Å². The van der Waals surface area contributed by atoms with Crippen molar-refractivity contribution in [2.24, 2.45) is 11.1 Å². The lowest BCUT2D eigenvalue weighted by Crippen LogP contribution is -2.35. The van der Waals surface area contributed by atoms with Crippen LogP contribution in [0, 0.1) is 19.3 Å². The van der Waals surface area contributed by atoms with E-state index in [2.05, 4.69) is 12.1 Å². The Bertz CT molecular complexity index is 469. The molecule has 1 aromatic heterocycles. The molecule has 2 N–H and O–H groups in total. The summed E-state index contributed by atoms with van der Waals surface area (Å²) in [5, 5.41) is 3.92. The first kappa shape index (κ1) is 15.4. The number of rotatable bonds is 5. The number of thioether (sulfide) groups is 1. The second kappa shape index (κ2) is 6.18. The lowest BCUT2D eigenvalue weighted by atomic mass is 9.90. The van der Waals surface area contributed by atoms with Gasteiger partial charge >= 0.3 is 0 Å². The molecule has 2 heterocycles. The highest BCUT2D eigenvalue weighted by atomic mass is 32.2. The van der Waals surface area contributed by atoms with E-state index in [1.165, 1.54) is 0 Å². The Morgan fingerprint density at radius 1 is 1.55 bits per heavy atom. The van der Waals surface area contributed by atoms with Gasteiger partial charge in [0.25, 0.3) is 0 Å². The zero-order chi connectivity index (χ0) is 14.8. The molecule has 1 aliphatic rings. The van der Waals surface area contributed by atoms with Gasteiger partial charge in [0, 0.05) is 24.4 Å². The Labute approximate surface area is 124 Å². The van der Waals surface area contributed by atoms with Gasteiger partial charge in [-0.2, -0.15) is 0 Å². The average molecular weight is 297 g/mol. The molecule has 6 heteroatoms. The highest BCUT2D eigenvalue weighted by molar-refractivity contribution is 7.99. The Morgan fingerprint density at radius 2 is 2.30 bits per heavy atom. The Balaban J connectivity index is 1.79. The molecule has 1 unspecified atom stereocenters. The van der Waals surface area contributed by atoms with E-state index in [9.17, 15) is 4.79 Å². The predicted molar refractivity (Wildman–Crippen MR) is 80.5 cm³/mol. The fraction of sp³-hybridized carbons (Fsp3) is 0.714. The summed E-state index contributed by atoms with van der Waals surface area (Å²) in [6, 6.07) is 0. The maximum absolute atomic E-state index is 12.2. The molecule has 20 heavy (non-hydrogen) atoms. The van der Waals surface area contributed by atoms with Crippen molar-refractivity contribution in [3.63, 3.8) is 0 Å². The summed E-state index contributed by atoms with van der Waals surface area (Å²) in [6.07, 6.45) is 1.00. The number of nitrogens with two attached hydrogens (primary N) is 1. The van der Waals surface area contributed by atoms with Crippen molar-refractivity contribution in [2.45, 2.75) is 32.9 Å². The third-order valence-corrected chi connectivity index (χ3v) is 5.00. The van der Waals surface area contributed by atoms with Gasteiger partial charge < -0.3 is 15.2 Å². The zero-order valence-corrected chi connectivity index (χ0v) is 13.3. The molecular formula is C14H23N3O2S. The van der Waals surface area contributed by atoms with Crippen LogP contribution in [0.25, 0.3) is 0 Å². The minimum atomic E-state index is 0.0992. The summed E-state index contributed by atoms with van der Waals surface area (Å²) >= 11 is 1.62. The molecular weight excluding hydrogens is 274 g/mol. The maximum atomic E-state index is 12.2. The van der Waals surface area contributed by atoms with E-state index >= 15 is 0 Å². The number of hydrogen-bond donors (Lipinski definition) is 1. The van der Waals surface area contributed by atoms with E-state index in [1.54, 1.807) is 11.8 Å². The maximum Gasteiger partial charge on any atom is 0.232 e. The highest BCUT2D eigenvalue weighted by Gasteiger charge is 2.34. The van der Waals surface area contributed by atoms with E-state index in [1.807, 2.05) is 18.7 Å². The van der Waals surface area contributed by atoms with Gasteiger partial charge in [-0.05, 0) is 32.2 Å². The van der Waals surface area contributed by atoms with Crippen molar-refractivity contribution in [1.29, 1.82) is 0 Å². The predicted octanol–water partition coefficient (Wildman–Crippen LogP) is 1.72. The van der Waals surface area contributed by atoms with Crippen LogP contribution in [-0.2, 0) is 10.5 Å². The van der Waals surface area contributed by atoms with Crippen molar-refractivity contribution >= 4 is 17.7 Å². The van der Waals surface area contributed by atoms with Gasteiger partial charge in [-0.1, -0.05) is 12.1 Å².